The average Bonchev–Trinajstić information content (AvgIpc) is 3.17. The van der Waals surface area contributed by atoms with Crippen LogP contribution in [0.1, 0.15) is 54.2 Å². The largest absolute Gasteiger partial charge is 0.493 e. The zero-order chi connectivity index (χ0) is 24.3. The molecule has 0 N–H and O–H groups in total. The summed E-state index contributed by atoms with van der Waals surface area (Å²) < 4.78 is 32.7. The summed E-state index contributed by atoms with van der Waals surface area (Å²) in [4.78, 5) is 25.6. The molecule has 0 saturated carbocycles. The topological polar surface area (TPSA) is 93.4 Å². The maximum Gasteiger partial charge on any atom is 0.343 e. The lowest BCUT2D eigenvalue weighted by Crippen LogP contribution is -2.16. The highest BCUT2D eigenvalue weighted by Crippen LogP contribution is 2.39. The van der Waals surface area contributed by atoms with Gasteiger partial charge in [-0.15, -0.1) is 0 Å². The highest BCUT2D eigenvalue weighted by atomic mass is 16.5. The first-order valence-corrected chi connectivity index (χ1v) is 10.4. The van der Waals surface area contributed by atoms with Crippen LogP contribution in [0.3, 0.4) is 0 Å². The quantitative estimate of drug-likeness (QED) is 0.356. The lowest BCUT2D eigenvalue weighted by molar-refractivity contribution is 0.0523. The molecular formula is C25H28O8. The first kappa shape index (κ1) is 24.0. The Balaban J connectivity index is 2.03. The van der Waals surface area contributed by atoms with Gasteiger partial charge in [-0.05, 0) is 37.3 Å². The fraction of sp³-hybridized carbons (Fsp3) is 0.360. The Kier molecular flexibility index (Phi) is 6.86. The van der Waals surface area contributed by atoms with Crippen molar-refractivity contribution in [1.82, 2.24) is 0 Å². The molecule has 0 atom stereocenters. The summed E-state index contributed by atoms with van der Waals surface area (Å²) in [5.74, 6) is 0.643. The Morgan fingerprint density at radius 3 is 2.06 bits per heavy atom. The molecule has 3 aromatic rings. The van der Waals surface area contributed by atoms with Gasteiger partial charge in [0.05, 0.1) is 33.5 Å². The van der Waals surface area contributed by atoms with Crippen LogP contribution in [-0.4, -0.2) is 39.9 Å². The molecule has 8 heteroatoms. The van der Waals surface area contributed by atoms with Crippen molar-refractivity contribution in [2.24, 2.45) is 0 Å². The number of furan rings is 1. The summed E-state index contributed by atoms with van der Waals surface area (Å²) in [5, 5.41) is 0.508. The van der Waals surface area contributed by atoms with Gasteiger partial charge in [0.2, 0.25) is 5.75 Å². The molecule has 0 saturated heterocycles. The monoisotopic (exact) mass is 456 g/mol. The number of rotatable bonds is 7. The molecule has 3 rings (SSSR count). The minimum absolute atomic E-state index is 0.206. The number of carbonyl (C=O) groups is 2. The van der Waals surface area contributed by atoms with Crippen LogP contribution in [0.2, 0.25) is 0 Å². The number of fused-ring (bicyclic) bond motifs is 1. The van der Waals surface area contributed by atoms with Crippen molar-refractivity contribution in [1.29, 1.82) is 0 Å². The van der Waals surface area contributed by atoms with Gasteiger partial charge in [0, 0.05) is 10.8 Å². The second-order valence-electron chi connectivity index (χ2n) is 8.24. The Bertz CT molecular complexity index is 1160. The Morgan fingerprint density at radius 2 is 1.55 bits per heavy atom. The van der Waals surface area contributed by atoms with E-state index < -0.39 is 17.4 Å². The zero-order valence-electron chi connectivity index (χ0n) is 19.9. The Morgan fingerprint density at radius 1 is 0.909 bits per heavy atom. The Labute approximate surface area is 192 Å². The number of benzene rings is 2. The third-order valence-electron chi connectivity index (χ3n) is 4.93. The zero-order valence-corrected chi connectivity index (χ0v) is 19.9. The van der Waals surface area contributed by atoms with Crippen molar-refractivity contribution in [3.63, 3.8) is 0 Å². The molecule has 0 unspecified atom stereocenters. The van der Waals surface area contributed by atoms with E-state index in [9.17, 15) is 9.59 Å². The van der Waals surface area contributed by atoms with Crippen LogP contribution < -0.4 is 18.9 Å². The summed E-state index contributed by atoms with van der Waals surface area (Å²) in [6, 6.07) is 7.86. The second kappa shape index (κ2) is 9.44. The van der Waals surface area contributed by atoms with Crippen LogP contribution in [0.4, 0.5) is 0 Å². The number of hydrogen-bond acceptors (Lipinski definition) is 8. The van der Waals surface area contributed by atoms with E-state index in [0.717, 1.165) is 0 Å². The van der Waals surface area contributed by atoms with E-state index in [0.29, 0.717) is 39.5 Å². The molecule has 0 bridgehead atoms. The third kappa shape index (κ3) is 4.74. The highest BCUT2D eigenvalue weighted by molar-refractivity contribution is 6.05. The fourth-order valence-corrected chi connectivity index (χ4v) is 3.44. The number of esters is 2. The van der Waals surface area contributed by atoms with Gasteiger partial charge < -0.3 is 28.1 Å². The lowest BCUT2D eigenvalue weighted by Gasteiger charge is -2.16. The summed E-state index contributed by atoms with van der Waals surface area (Å²) in [6.45, 7) is 7.79. The summed E-state index contributed by atoms with van der Waals surface area (Å²) in [7, 11) is 4.40. The van der Waals surface area contributed by atoms with Crippen molar-refractivity contribution in [3.05, 3.63) is 47.2 Å². The molecule has 33 heavy (non-hydrogen) atoms. The van der Waals surface area contributed by atoms with E-state index in [4.69, 9.17) is 28.1 Å². The highest BCUT2D eigenvalue weighted by Gasteiger charge is 2.30. The maximum absolute atomic E-state index is 12.9. The van der Waals surface area contributed by atoms with E-state index in [1.165, 1.54) is 33.5 Å². The molecule has 0 radical (unpaired) electrons. The number of ether oxygens (including phenoxy) is 5. The molecular weight excluding hydrogens is 428 g/mol. The minimum Gasteiger partial charge on any atom is -0.493 e. The average molecular weight is 456 g/mol. The third-order valence-corrected chi connectivity index (χ3v) is 4.93. The van der Waals surface area contributed by atoms with Crippen LogP contribution in [0.25, 0.3) is 11.0 Å². The van der Waals surface area contributed by atoms with Gasteiger partial charge >= 0.3 is 11.9 Å². The predicted molar refractivity (Wildman–Crippen MR) is 122 cm³/mol. The molecule has 1 heterocycles. The number of carbonyl (C=O) groups excluding carboxylic acids is 2. The smallest absolute Gasteiger partial charge is 0.343 e. The van der Waals surface area contributed by atoms with Crippen LogP contribution >= 0.6 is 0 Å². The van der Waals surface area contributed by atoms with Gasteiger partial charge in [0.15, 0.2) is 11.5 Å². The van der Waals surface area contributed by atoms with E-state index in [1.54, 1.807) is 25.1 Å². The second-order valence-corrected chi connectivity index (χ2v) is 8.24. The van der Waals surface area contributed by atoms with Crippen LogP contribution in [0.15, 0.2) is 34.7 Å². The van der Waals surface area contributed by atoms with E-state index in [2.05, 4.69) is 0 Å². The summed E-state index contributed by atoms with van der Waals surface area (Å²) >= 11 is 0. The first-order valence-electron chi connectivity index (χ1n) is 10.4. The van der Waals surface area contributed by atoms with Crippen molar-refractivity contribution >= 4 is 22.9 Å². The normalized spacial score (nSPS) is 11.2. The van der Waals surface area contributed by atoms with Gasteiger partial charge in [0.1, 0.15) is 22.7 Å². The SMILES string of the molecule is CCOC(=O)c1c(C(C)(C)C)oc2ccc(OC(=O)c3cc(OC)c(OC)c(OC)c3)cc12. The number of hydrogen-bond donors (Lipinski definition) is 0. The molecule has 0 aliphatic heterocycles. The molecule has 0 spiro atoms. The lowest BCUT2D eigenvalue weighted by atomic mass is 9.89. The van der Waals surface area contributed by atoms with Gasteiger partial charge in [-0.25, -0.2) is 9.59 Å². The molecule has 8 nitrogen and oxygen atoms in total. The van der Waals surface area contributed by atoms with Crippen molar-refractivity contribution in [3.8, 4) is 23.0 Å². The summed E-state index contributed by atoms with van der Waals surface area (Å²) in [6.07, 6.45) is 0. The van der Waals surface area contributed by atoms with Crippen molar-refractivity contribution in [2.45, 2.75) is 33.1 Å². The number of methoxy groups -OCH3 is 3. The first-order chi connectivity index (χ1) is 15.6. The van der Waals surface area contributed by atoms with E-state index in [-0.39, 0.29) is 17.9 Å². The maximum atomic E-state index is 12.9. The van der Waals surface area contributed by atoms with Crippen molar-refractivity contribution in [2.75, 3.05) is 27.9 Å². The van der Waals surface area contributed by atoms with Gasteiger partial charge in [0.25, 0.3) is 0 Å². The molecule has 0 fully saturated rings. The Hall–Kier alpha value is -3.68. The standard InChI is InChI=1S/C25H28O8/c1-8-31-24(27)20-16-13-15(9-10-17(16)33-22(20)25(2,3)4)32-23(26)14-11-18(28-5)21(30-7)19(12-14)29-6/h9-13H,8H2,1-7H3. The minimum atomic E-state index is -0.633. The molecule has 0 aliphatic carbocycles. The van der Waals surface area contributed by atoms with Crippen LogP contribution in [-0.2, 0) is 10.2 Å². The molecule has 0 amide bonds. The molecule has 0 aliphatic rings. The molecule has 176 valence electrons. The van der Waals surface area contributed by atoms with Crippen LogP contribution in [0, 0.1) is 0 Å². The van der Waals surface area contributed by atoms with Gasteiger partial charge in [-0.3, -0.25) is 0 Å². The fourth-order valence-electron chi connectivity index (χ4n) is 3.44. The summed E-state index contributed by atoms with van der Waals surface area (Å²) in [5.41, 5.74) is 0.590. The van der Waals surface area contributed by atoms with E-state index >= 15 is 0 Å². The van der Waals surface area contributed by atoms with Crippen LogP contribution in [0.5, 0.6) is 23.0 Å². The molecule has 1 aromatic heterocycles. The van der Waals surface area contributed by atoms with Crippen molar-refractivity contribution < 1.29 is 37.7 Å². The van der Waals surface area contributed by atoms with Gasteiger partial charge in [-0.2, -0.15) is 0 Å². The molecule has 2 aromatic carbocycles. The predicted octanol–water partition coefficient (Wildman–Crippen LogP) is 5.15. The van der Waals surface area contributed by atoms with Gasteiger partial charge in [-0.1, -0.05) is 20.8 Å². The van der Waals surface area contributed by atoms with E-state index in [1.807, 2.05) is 20.8 Å².